The van der Waals surface area contributed by atoms with E-state index in [9.17, 15) is 5.26 Å². The van der Waals surface area contributed by atoms with Crippen molar-refractivity contribution >= 4 is 87.2 Å². The first-order valence-electron chi connectivity index (χ1n) is 32.5. The van der Waals surface area contributed by atoms with Gasteiger partial charge in [0.15, 0.2) is 5.82 Å². The van der Waals surface area contributed by atoms with Crippen molar-refractivity contribution in [1.29, 1.82) is 5.26 Å². The van der Waals surface area contributed by atoms with Crippen molar-refractivity contribution in [2.24, 2.45) is 0 Å². The topological polar surface area (TPSA) is 69.3 Å². The fraction of sp³-hybridized carbons (Fsp3) is 0. The van der Waals surface area contributed by atoms with E-state index in [1.807, 2.05) is 24.3 Å². The van der Waals surface area contributed by atoms with Crippen LogP contribution in [0.25, 0.3) is 177 Å². The number of rotatable bonds is 10. The van der Waals surface area contributed by atoms with Gasteiger partial charge in [-0.3, -0.25) is 0 Å². The molecule has 19 aromatic rings. The van der Waals surface area contributed by atoms with Crippen LogP contribution in [0.3, 0.4) is 0 Å². The summed E-state index contributed by atoms with van der Waals surface area (Å²) in [7, 11) is 0. The second-order valence-corrected chi connectivity index (χ2v) is 24.8. The van der Waals surface area contributed by atoms with Crippen LogP contribution in [-0.4, -0.2) is 28.2 Å². The van der Waals surface area contributed by atoms with Crippen LogP contribution in [0.4, 0.5) is 0 Å². The summed E-state index contributed by atoms with van der Waals surface area (Å²) in [4.78, 5) is 10.8. The highest BCUT2D eigenvalue weighted by Gasteiger charge is 2.21. The number of fused-ring (bicyclic) bond motifs is 12. The predicted octanol–water partition coefficient (Wildman–Crippen LogP) is 22.7. The quantitative estimate of drug-likeness (QED) is 0.137. The summed E-state index contributed by atoms with van der Waals surface area (Å²) in [5, 5.41) is 19.5. The third-order valence-corrected chi connectivity index (χ3v) is 19.4. The van der Waals surface area contributed by atoms with Crippen LogP contribution in [0.5, 0.6) is 0 Å². The van der Waals surface area contributed by atoms with Crippen molar-refractivity contribution in [3.63, 3.8) is 0 Å². The second-order valence-electron chi connectivity index (χ2n) is 24.8. The summed E-state index contributed by atoms with van der Waals surface area (Å²) < 4.78 is 9.50. The Morgan fingerprint density at radius 1 is 0.208 bits per heavy atom. The highest BCUT2D eigenvalue weighted by Crippen LogP contribution is 2.42. The molecule has 0 fully saturated rings. The number of hydrogen-bond acceptors (Lipinski definition) is 3. The molecule has 0 bridgehead atoms. The average molecular weight is 1220 g/mol. The van der Waals surface area contributed by atoms with Crippen molar-refractivity contribution in [2.45, 2.75) is 0 Å². The molecule has 19 rings (SSSR count). The minimum atomic E-state index is 0.589. The number of nitriles is 1. The summed E-state index contributed by atoms with van der Waals surface area (Å²) in [6, 6.07) is 122. The Bertz CT molecular complexity index is 6400. The van der Waals surface area contributed by atoms with Crippen LogP contribution >= 0.6 is 0 Å². The second kappa shape index (κ2) is 22.0. The van der Waals surface area contributed by atoms with Gasteiger partial charge in [-0.15, -0.1) is 0 Å². The fourth-order valence-corrected chi connectivity index (χ4v) is 14.9. The average Bonchev–Trinajstić information content (AvgIpc) is 1.63. The molecule has 14 aromatic carbocycles. The van der Waals surface area contributed by atoms with Gasteiger partial charge in [0, 0.05) is 82.5 Å². The summed E-state index contributed by atoms with van der Waals surface area (Å²) in [5.74, 6) is 0.596. The van der Waals surface area contributed by atoms with E-state index in [1.54, 1.807) is 0 Å². The van der Waals surface area contributed by atoms with Crippen LogP contribution in [-0.2, 0) is 0 Å². The van der Waals surface area contributed by atoms with Crippen LogP contribution < -0.4 is 0 Å². The van der Waals surface area contributed by atoms with Crippen molar-refractivity contribution in [3.8, 4) is 96.1 Å². The van der Waals surface area contributed by atoms with E-state index < -0.39 is 0 Å². The zero-order valence-corrected chi connectivity index (χ0v) is 51.9. The number of para-hydroxylation sites is 6. The van der Waals surface area contributed by atoms with Gasteiger partial charge < -0.3 is 18.3 Å². The van der Waals surface area contributed by atoms with Crippen molar-refractivity contribution in [1.82, 2.24) is 28.2 Å². The lowest BCUT2D eigenvalue weighted by atomic mass is 9.99. The Balaban J connectivity index is 0.680. The largest absolute Gasteiger partial charge is 0.309 e. The molecule has 0 saturated carbocycles. The number of hydrogen-bond donors (Lipinski definition) is 0. The van der Waals surface area contributed by atoms with Gasteiger partial charge in [-0.05, 0) is 179 Å². The third kappa shape index (κ3) is 8.89. The minimum Gasteiger partial charge on any atom is -0.309 e. The molecule has 5 aromatic heterocycles. The first-order chi connectivity index (χ1) is 47.5. The molecule has 446 valence electrons. The van der Waals surface area contributed by atoms with E-state index in [-0.39, 0.29) is 0 Å². The standard InChI is InChI=1S/C89H55N7/c90-56-57-36-38-58(39-37-57)79-55-80(92-89(91-79)66-21-17-27-70(50-66)96-84-35-14-10-31-74(84)78-54-64(43-47-88(78)96)62-41-45-86-76(52-62)72-29-8-12-33-82(72)94(86)68-24-5-2-6-25-68)65-20-15-18-59(48-65)60-19-16-26-69(49-60)95-83-34-13-9-30-73(83)77-53-63(42-46-87(77)95)61-40-44-85-75(51-61)71-28-7-11-32-81(71)93(85)67-22-3-1-4-23-67/h1-55H. The summed E-state index contributed by atoms with van der Waals surface area (Å²) >= 11 is 0. The van der Waals surface area contributed by atoms with E-state index in [4.69, 9.17) is 9.97 Å². The fourth-order valence-electron chi connectivity index (χ4n) is 14.9. The lowest BCUT2D eigenvalue weighted by Crippen LogP contribution is -1.98. The molecular formula is C89H55N7. The maximum absolute atomic E-state index is 9.82. The van der Waals surface area contributed by atoms with Crippen LogP contribution in [0.1, 0.15) is 5.56 Å². The molecule has 0 unspecified atom stereocenters. The van der Waals surface area contributed by atoms with Crippen LogP contribution in [0, 0.1) is 11.3 Å². The number of aromatic nitrogens is 6. The van der Waals surface area contributed by atoms with Gasteiger partial charge in [0.05, 0.1) is 67.2 Å². The van der Waals surface area contributed by atoms with Crippen LogP contribution in [0.2, 0.25) is 0 Å². The van der Waals surface area contributed by atoms with E-state index >= 15 is 0 Å². The molecule has 7 nitrogen and oxygen atoms in total. The van der Waals surface area contributed by atoms with Gasteiger partial charge in [-0.25, -0.2) is 9.97 Å². The molecule has 7 heteroatoms. The lowest BCUT2D eigenvalue weighted by molar-refractivity contribution is 1.16. The molecular weight excluding hydrogens is 1170 g/mol. The highest BCUT2D eigenvalue weighted by atomic mass is 15.0. The normalized spacial score (nSPS) is 11.7. The van der Waals surface area contributed by atoms with Gasteiger partial charge in [-0.1, -0.05) is 188 Å². The molecule has 0 atom stereocenters. The van der Waals surface area contributed by atoms with Gasteiger partial charge in [0.25, 0.3) is 0 Å². The maximum Gasteiger partial charge on any atom is 0.160 e. The molecule has 0 aliphatic rings. The summed E-state index contributed by atoms with van der Waals surface area (Å²) in [6.07, 6.45) is 0. The third-order valence-electron chi connectivity index (χ3n) is 19.4. The Labute approximate surface area is 552 Å². The monoisotopic (exact) mass is 1220 g/mol. The first-order valence-corrected chi connectivity index (χ1v) is 32.5. The molecule has 0 aliphatic carbocycles. The summed E-state index contributed by atoms with van der Waals surface area (Å²) in [6.45, 7) is 0. The maximum atomic E-state index is 9.82. The van der Waals surface area contributed by atoms with Crippen molar-refractivity contribution < 1.29 is 0 Å². The highest BCUT2D eigenvalue weighted by molar-refractivity contribution is 6.15. The lowest BCUT2D eigenvalue weighted by Gasteiger charge is -2.13. The molecule has 0 N–H and O–H groups in total. The SMILES string of the molecule is N#Cc1ccc(-c2cc(-c3cccc(-c4cccc(-n5c6ccccc6c6cc(-c7ccc8c(c7)c7ccccc7n8-c7ccccc7)ccc65)c4)c3)nc(-c3cccc(-n4c5ccccc5c5cc(-c6ccc7c(c6)c6ccccc6n7-c6ccccc6)ccc54)c3)n2)cc1. The van der Waals surface area contributed by atoms with Gasteiger partial charge >= 0.3 is 0 Å². The van der Waals surface area contributed by atoms with Crippen molar-refractivity contribution in [3.05, 3.63) is 339 Å². The number of nitrogens with zero attached hydrogens (tertiary/aromatic N) is 7. The molecule has 0 aliphatic heterocycles. The molecule has 0 radical (unpaired) electrons. The zero-order chi connectivity index (χ0) is 63.4. The van der Waals surface area contributed by atoms with E-state index in [0.717, 1.165) is 95.1 Å². The molecule has 0 spiro atoms. The summed E-state index contributed by atoms with van der Waals surface area (Å²) in [5.41, 5.74) is 25.3. The zero-order valence-electron chi connectivity index (χ0n) is 51.9. The Morgan fingerprint density at radius 2 is 0.510 bits per heavy atom. The van der Waals surface area contributed by atoms with E-state index in [2.05, 4.69) is 334 Å². The Kier molecular flexibility index (Phi) is 12.5. The van der Waals surface area contributed by atoms with Gasteiger partial charge in [0.2, 0.25) is 0 Å². The van der Waals surface area contributed by atoms with Gasteiger partial charge in [-0.2, -0.15) is 5.26 Å². The Hall–Kier alpha value is -13.2. The minimum absolute atomic E-state index is 0.589. The molecule has 0 amide bonds. The van der Waals surface area contributed by atoms with Crippen molar-refractivity contribution in [2.75, 3.05) is 0 Å². The van der Waals surface area contributed by atoms with E-state index in [1.165, 1.54) is 76.3 Å². The first kappa shape index (κ1) is 54.6. The molecule has 0 saturated heterocycles. The van der Waals surface area contributed by atoms with Gasteiger partial charge in [0.1, 0.15) is 0 Å². The number of benzene rings is 14. The van der Waals surface area contributed by atoms with E-state index in [0.29, 0.717) is 11.4 Å². The molecule has 5 heterocycles. The predicted molar refractivity (Wildman–Crippen MR) is 397 cm³/mol. The Morgan fingerprint density at radius 3 is 0.938 bits per heavy atom. The molecule has 96 heavy (non-hydrogen) atoms. The smallest absolute Gasteiger partial charge is 0.160 e. The van der Waals surface area contributed by atoms with Crippen LogP contribution in [0.15, 0.2) is 334 Å².